The molecule has 22 heavy (non-hydrogen) atoms. The SMILES string of the molecule is Cc1ccc2cc3c(cc2c1)CCC(=O)C31CC2C=CC1C2. The van der Waals surface area contributed by atoms with Gasteiger partial charge in [0.05, 0.1) is 5.41 Å². The molecule has 1 spiro atoms. The first-order valence-corrected chi connectivity index (χ1v) is 8.42. The van der Waals surface area contributed by atoms with Crippen LogP contribution in [0.3, 0.4) is 0 Å². The van der Waals surface area contributed by atoms with Gasteiger partial charge in [-0.05, 0) is 66.0 Å². The Hall–Kier alpha value is -1.89. The highest BCUT2D eigenvalue weighted by atomic mass is 16.1. The van der Waals surface area contributed by atoms with E-state index in [0.717, 1.165) is 19.3 Å². The van der Waals surface area contributed by atoms with Crippen LogP contribution < -0.4 is 0 Å². The van der Waals surface area contributed by atoms with Gasteiger partial charge < -0.3 is 0 Å². The molecule has 0 N–H and O–H groups in total. The normalized spacial score (nSPS) is 32.1. The molecule has 0 aromatic heterocycles. The highest BCUT2D eigenvalue weighted by Crippen LogP contribution is 2.57. The van der Waals surface area contributed by atoms with Gasteiger partial charge in [0, 0.05) is 6.42 Å². The molecule has 0 aliphatic heterocycles. The van der Waals surface area contributed by atoms with E-state index in [9.17, 15) is 4.79 Å². The zero-order valence-corrected chi connectivity index (χ0v) is 12.9. The molecule has 1 heteroatoms. The minimum atomic E-state index is -0.202. The Balaban J connectivity index is 1.79. The van der Waals surface area contributed by atoms with Crippen molar-refractivity contribution in [2.24, 2.45) is 11.8 Å². The largest absolute Gasteiger partial charge is 0.299 e. The van der Waals surface area contributed by atoms with Crippen molar-refractivity contribution in [3.8, 4) is 0 Å². The average Bonchev–Trinajstić information content (AvgIpc) is 3.11. The number of ketones is 1. The maximum Gasteiger partial charge on any atom is 0.144 e. The van der Waals surface area contributed by atoms with Crippen molar-refractivity contribution in [1.29, 1.82) is 0 Å². The molecular weight excluding hydrogens is 268 g/mol. The number of allylic oxidation sites excluding steroid dienone is 2. The van der Waals surface area contributed by atoms with Crippen molar-refractivity contribution in [3.05, 3.63) is 59.2 Å². The van der Waals surface area contributed by atoms with Crippen molar-refractivity contribution in [3.63, 3.8) is 0 Å². The highest BCUT2D eigenvalue weighted by molar-refractivity contribution is 5.96. The molecule has 0 heterocycles. The van der Waals surface area contributed by atoms with Crippen molar-refractivity contribution >= 4 is 16.6 Å². The zero-order valence-electron chi connectivity index (χ0n) is 12.9. The van der Waals surface area contributed by atoms with E-state index in [1.165, 1.54) is 33.9 Å². The molecule has 2 aromatic carbocycles. The summed E-state index contributed by atoms with van der Waals surface area (Å²) in [5.41, 5.74) is 3.86. The van der Waals surface area contributed by atoms with Crippen LogP contribution in [0.25, 0.3) is 10.8 Å². The Morgan fingerprint density at radius 1 is 1.05 bits per heavy atom. The Kier molecular flexibility index (Phi) is 2.35. The maximum atomic E-state index is 12.9. The van der Waals surface area contributed by atoms with Crippen molar-refractivity contribution in [2.75, 3.05) is 0 Å². The number of carbonyl (C=O) groups is 1. The van der Waals surface area contributed by atoms with Crippen LogP contribution in [0.2, 0.25) is 0 Å². The summed E-state index contributed by atoms with van der Waals surface area (Å²) in [6.07, 6.45) is 8.51. The number of fused-ring (bicyclic) bond motifs is 6. The van der Waals surface area contributed by atoms with Crippen molar-refractivity contribution in [1.82, 2.24) is 0 Å². The summed E-state index contributed by atoms with van der Waals surface area (Å²) < 4.78 is 0. The third-order valence-corrected chi connectivity index (χ3v) is 6.21. The molecular formula is C21H20O. The molecule has 3 atom stereocenters. The van der Waals surface area contributed by atoms with Gasteiger partial charge in [0.2, 0.25) is 0 Å². The second-order valence-corrected chi connectivity index (χ2v) is 7.45. The number of hydrogen-bond acceptors (Lipinski definition) is 1. The second kappa shape index (κ2) is 4.10. The Morgan fingerprint density at radius 2 is 1.95 bits per heavy atom. The standard InChI is InChI=1S/C21H20O/c1-13-2-4-15-11-19-16(10-17(15)8-13)5-7-20(22)21(19)12-14-3-6-18(21)9-14/h2-4,6,8,10-11,14,18H,5,7,9,12H2,1H3. The highest BCUT2D eigenvalue weighted by Gasteiger charge is 2.55. The van der Waals surface area contributed by atoms with Crippen LogP contribution in [0.15, 0.2) is 42.5 Å². The second-order valence-electron chi connectivity index (χ2n) is 7.45. The fourth-order valence-electron chi connectivity index (χ4n) is 5.19. The third-order valence-electron chi connectivity index (χ3n) is 6.21. The monoisotopic (exact) mass is 288 g/mol. The maximum absolute atomic E-state index is 12.9. The lowest BCUT2D eigenvalue weighted by Gasteiger charge is -2.39. The summed E-state index contributed by atoms with van der Waals surface area (Å²) in [6.45, 7) is 2.14. The predicted octanol–water partition coefficient (Wildman–Crippen LogP) is 4.50. The molecule has 1 nitrogen and oxygen atoms in total. The van der Waals surface area contributed by atoms with Gasteiger partial charge in [0.1, 0.15) is 5.78 Å². The minimum Gasteiger partial charge on any atom is -0.299 e. The molecule has 0 radical (unpaired) electrons. The van der Waals surface area contributed by atoms with E-state index in [-0.39, 0.29) is 5.41 Å². The van der Waals surface area contributed by atoms with Gasteiger partial charge in [-0.3, -0.25) is 4.79 Å². The molecule has 1 saturated carbocycles. The minimum absolute atomic E-state index is 0.202. The summed E-state index contributed by atoms with van der Waals surface area (Å²) in [7, 11) is 0. The molecule has 0 saturated heterocycles. The fourth-order valence-corrected chi connectivity index (χ4v) is 5.19. The average molecular weight is 288 g/mol. The van der Waals surface area contributed by atoms with E-state index in [1.54, 1.807) is 0 Å². The van der Waals surface area contributed by atoms with Gasteiger partial charge in [-0.15, -0.1) is 0 Å². The molecule has 5 rings (SSSR count). The number of hydrogen-bond donors (Lipinski definition) is 0. The summed E-state index contributed by atoms with van der Waals surface area (Å²) in [5.74, 6) is 1.55. The Labute approximate surface area is 131 Å². The summed E-state index contributed by atoms with van der Waals surface area (Å²) in [6, 6.07) is 11.3. The smallest absolute Gasteiger partial charge is 0.144 e. The van der Waals surface area contributed by atoms with Crippen molar-refractivity contribution < 1.29 is 4.79 Å². The van der Waals surface area contributed by atoms with E-state index >= 15 is 0 Å². The lowest BCUT2D eigenvalue weighted by Crippen LogP contribution is -2.43. The van der Waals surface area contributed by atoms with E-state index in [0.29, 0.717) is 17.6 Å². The molecule has 0 amide bonds. The van der Waals surface area contributed by atoms with E-state index < -0.39 is 0 Å². The quantitative estimate of drug-likeness (QED) is 0.652. The molecule has 3 aliphatic rings. The van der Waals surface area contributed by atoms with Crippen molar-refractivity contribution in [2.45, 2.75) is 38.0 Å². The number of carbonyl (C=O) groups excluding carboxylic acids is 1. The topological polar surface area (TPSA) is 17.1 Å². The third kappa shape index (κ3) is 1.47. The Bertz CT molecular complexity index is 844. The molecule has 3 aliphatic carbocycles. The number of Topliss-reactive ketones (excluding diaryl/α,β-unsaturated/α-hetero) is 1. The first-order chi connectivity index (χ1) is 10.7. The molecule has 110 valence electrons. The molecule has 3 unspecified atom stereocenters. The number of benzene rings is 2. The van der Waals surface area contributed by atoms with E-state index in [1.807, 2.05) is 0 Å². The Morgan fingerprint density at radius 3 is 2.73 bits per heavy atom. The van der Waals surface area contributed by atoms with Crippen LogP contribution in [-0.2, 0) is 16.6 Å². The van der Waals surface area contributed by atoms with Gasteiger partial charge >= 0.3 is 0 Å². The van der Waals surface area contributed by atoms with Crippen LogP contribution in [0.1, 0.15) is 36.0 Å². The molecule has 2 bridgehead atoms. The number of aryl methyl sites for hydroxylation is 2. The predicted molar refractivity (Wildman–Crippen MR) is 89.0 cm³/mol. The molecule has 1 fully saturated rings. The van der Waals surface area contributed by atoms with E-state index in [4.69, 9.17) is 0 Å². The van der Waals surface area contributed by atoms with Crippen LogP contribution in [-0.4, -0.2) is 5.78 Å². The van der Waals surface area contributed by atoms with Crippen LogP contribution in [0, 0.1) is 18.8 Å². The zero-order chi connectivity index (χ0) is 14.9. The van der Waals surface area contributed by atoms with Gasteiger partial charge in [0.15, 0.2) is 0 Å². The van der Waals surface area contributed by atoms with Gasteiger partial charge in [-0.2, -0.15) is 0 Å². The summed E-state index contributed by atoms with van der Waals surface area (Å²) in [5, 5.41) is 2.60. The first kappa shape index (κ1) is 12.6. The van der Waals surface area contributed by atoms with Gasteiger partial charge in [0.25, 0.3) is 0 Å². The van der Waals surface area contributed by atoms with E-state index in [2.05, 4.69) is 49.4 Å². The summed E-state index contributed by atoms with van der Waals surface area (Å²) >= 11 is 0. The van der Waals surface area contributed by atoms with Gasteiger partial charge in [-0.25, -0.2) is 0 Å². The lowest BCUT2D eigenvalue weighted by atomic mass is 9.62. The molecule has 2 aromatic rings. The van der Waals surface area contributed by atoms with Crippen LogP contribution >= 0.6 is 0 Å². The number of rotatable bonds is 0. The lowest BCUT2D eigenvalue weighted by molar-refractivity contribution is -0.126. The van der Waals surface area contributed by atoms with Crippen LogP contribution in [0.4, 0.5) is 0 Å². The summed E-state index contributed by atoms with van der Waals surface area (Å²) in [4.78, 5) is 12.9. The van der Waals surface area contributed by atoms with Crippen LogP contribution in [0.5, 0.6) is 0 Å². The first-order valence-electron chi connectivity index (χ1n) is 8.42. The van der Waals surface area contributed by atoms with Gasteiger partial charge in [-0.1, -0.05) is 42.0 Å². The fraction of sp³-hybridized carbons (Fsp3) is 0.381.